The molecule has 0 saturated carbocycles. The Morgan fingerprint density at radius 3 is 1.34 bits per heavy atom. The van der Waals surface area contributed by atoms with Gasteiger partial charge in [0.1, 0.15) is 29.9 Å². The third-order valence-corrected chi connectivity index (χ3v) is 9.45. The average molecular weight is 869 g/mol. The zero-order valence-electron chi connectivity index (χ0n) is 36.0. The lowest BCUT2D eigenvalue weighted by molar-refractivity contribution is -0.142. The summed E-state index contributed by atoms with van der Waals surface area (Å²) in [7, 11) is 0. The molecule has 2 aromatic carbocycles. The van der Waals surface area contributed by atoms with Gasteiger partial charge >= 0.3 is 17.9 Å². The summed E-state index contributed by atoms with van der Waals surface area (Å²) < 4.78 is 0. The van der Waals surface area contributed by atoms with Crippen molar-refractivity contribution in [2.24, 2.45) is 11.3 Å². The zero-order chi connectivity index (χ0) is 46.9. The monoisotopic (exact) mass is 868 g/mol. The van der Waals surface area contributed by atoms with E-state index in [1.165, 1.54) is 24.3 Å². The molecule has 19 nitrogen and oxygen atoms in total. The Labute approximate surface area is 360 Å². The fraction of sp³-hybridized carbons (Fsp3) is 0.512. The van der Waals surface area contributed by atoms with E-state index in [2.05, 4.69) is 31.9 Å². The number of rotatable bonds is 25. The lowest BCUT2D eigenvalue weighted by atomic mass is 9.81. The van der Waals surface area contributed by atoms with Crippen molar-refractivity contribution in [3.05, 3.63) is 65.7 Å². The van der Waals surface area contributed by atoms with Crippen molar-refractivity contribution in [1.29, 1.82) is 0 Å². The Balaban J connectivity index is 2.54. The molecule has 6 atom stereocenters. The predicted octanol–water partition coefficient (Wildman–Crippen LogP) is 1.05. The van der Waals surface area contributed by atoms with Gasteiger partial charge in [-0.05, 0) is 35.1 Å². The maximum atomic E-state index is 14.3. The molecule has 62 heavy (non-hydrogen) atoms. The van der Waals surface area contributed by atoms with Crippen LogP contribution in [0.5, 0.6) is 5.75 Å². The molecule has 0 heterocycles. The molecule has 0 aromatic heterocycles. The molecule has 2 rings (SSSR count). The number of benzene rings is 2. The first kappa shape index (κ1) is 51.8. The third kappa shape index (κ3) is 18.1. The predicted molar refractivity (Wildman–Crippen MR) is 224 cm³/mol. The molecule has 0 spiro atoms. The number of phenolic OH excluding ortho intramolecular Hbond substituents is 1. The second-order valence-electron chi connectivity index (χ2n) is 16.7. The molecule has 0 saturated heterocycles. The number of phenols is 1. The van der Waals surface area contributed by atoms with Crippen LogP contribution in [0.3, 0.4) is 0 Å². The van der Waals surface area contributed by atoms with Crippen LogP contribution in [0.15, 0.2) is 54.6 Å². The SMILES string of the molecule is CC(C)N[C@@H](CCC(=O)O)C(=O)N[C@@H](CC(=O)O)C(=O)N[C@@H](Cc1ccccc1)C(=O)N[C@@H](Cc1ccc(O)cc1)C(=O)N[C@@H](CC(=O)O)C(=O)N[C@H](C(=O)C(C)C)C(C)(C)C. The molecule has 0 bridgehead atoms. The Hall–Kier alpha value is -6.37. The van der Waals surface area contributed by atoms with E-state index >= 15 is 0 Å². The number of aliphatic carboxylic acids is 3. The number of carboxylic acid groups (broad SMARTS) is 3. The molecule has 0 aliphatic rings. The quantitative estimate of drug-likeness (QED) is 0.0668. The normalized spacial score (nSPS) is 14.3. The van der Waals surface area contributed by atoms with Gasteiger partial charge in [0.05, 0.1) is 24.9 Å². The van der Waals surface area contributed by atoms with E-state index in [0.29, 0.717) is 11.1 Å². The maximum absolute atomic E-state index is 14.3. The molecule has 340 valence electrons. The summed E-state index contributed by atoms with van der Waals surface area (Å²) in [4.78, 5) is 117. The Morgan fingerprint density at radius 1 is 0.532 bits per heavy atom. The minimum absolute atomic E-state index is 0.108. The van der Waals surface area contributed by atoms with Gasteiger partial charge in [0.25, 0.3) is 0 Å². The molecule has 0 radical (unpaired) electrons. The number of aromatic hydroxyl groups is 1. The van der Waals surface area contributed by atoms with Crippen molar-refractivity contribution in [1.82, 2.24) is 31.9 Å². The first-order valence-corrected chi connectivity index (χ1v) is 20.2. The molecular weight excluding hydrogens is 809 g/mol. The maximum Gasteiger partial charge on any atom is 0.305 e. The lowest BCUT2D eigenvalue weighted by Crippen LogP contribution is -2.61. The van der Waals surface area contributed by atoms with E-state index in [-0.39, 0.29) is 36.8 Å². The number of hydrogen-bond acceptors (Lipinski definition) is 11. The summed E-state index contributed by atoms with van der Waals surface area (Å²) in [6.07, 6.45) is -2.92. The summed E-state index contributed by atoms with van der Waals surface area (Å²) in [6.45, 7) is 11.8. The second-order valence-corrected chi connectivity index (χ2v) is 16.7. The van der Waals surface area contributed by atoms with Crippen LogP contribution in [0.4, 0.5) is 0 Å². The molecule has 19 heteroatoms. The van der Waals surface area contributed by atoms with E-state index < -0.39 is 114 Å². The van der Waals surface area contributed by atoms with Gasteiger partial charge in [0.15, 0.2) is 5.78 Å². The molecule has 10 N–H and O–H groups in total. The molecule has 0 unspecified atom stereocenters. The number of carboxylic acids is 3. The van der Waals surface area contributed by atoms with E-state index in [0.717, 1.165) is 0 Å². The molecule has 0 aliphatic heterocycles. The highest BCUT2D eigenvalue weighted by Gasteiger charge is 2.38. The fourth-order valence-electron chi connectivity index (χ4n) is 6.24. The van der Waals surface area contributed by atoms with E-state index in [1.54, 1.807) is 78.8 Å². The minimum Gasteiger partial charge on any atom is -0.508 e. The molecule has 0 aliphatic carbocycles. The van der Waals surface area contributed by atoms with Gasteiger partial charge in [-0.3, -0.25) is 43.2 Å². The van der Waals surface area contributed by atoms with E-state index in [4.69, 9.17) is 0 Å². The van der Waals surface area contributed by atoms with Crippen LogP contribution in [0, 0.1) is 11.3 Å². The lowest BCUT2D eigenvalue weighted by Gasteiger charge is -2.33. The van der Waals surface area contributed by atoms with Gasteiger partial charge < -0.3 is 52.3 Å². The number of nitrogens with one attached hydrogen (secondary N) is 6. The molecule has 2 aromatic rings. The fourth-order valence-corrected chi connectivity index (χ4v) is 6.24. The molecule has 0 fully saturated rings. The smallest absolute Gasteiger partial charge is 0.305 e. The molecule has 5 amide bonds. The van der Waals surface area contributed by atoms with Gasteiger partial charge in [-0.25, -0.2) is 0 Å². The first-order chi connectivity index (χ1) is 28.9. The highest BCUT2D eigenvalue weighted by molar-refractivity contribution is 5.98. The number of hydrogen-bond donors (Lipinski definition) is 10. The van der Waals surface area contributed by atoms with Gasteiger partial charge in [-0.15, -0.1) is 0 Å². The van der Waals surface area contributed by atoms with E-state index in [9.17, 15) is 63.6 Å². The number of ketones is 1. The number of carbonyl (C=O) groups is 9. The Kier molecular flexibility index (Phi) is 20.2. The van der Waals surface area contributed by atoms with Gasteiger partial charge in [0.2, 0.25) is 29.5 Å². The largest absolute Gasteiger partial charge is 0.508 e. The molecular formula is C43H60N6O13. The highest BCUT2D eigenvalue weighted by atomic mass is 16.4. The van der Waals surface area contributed by atoms with E-state index in [1.807, 2.05) is 0 Å². The number of carbonyl (C=O) groups excluding carboxylic acids is 6. The Morgan fingerprint density at radius 2 is 0.935 bits per heavy atom. The van der Waals surface area contributed by atoms with Gasteiger partial charge in [-0.2, -0.15) is 0 Å². The zero-order valence-corrected chi connectivity index (χ0v) is 36.0. The number of Topliss-reactive ketones (excluding diaryl/α,β-unsaturated/α-hetero) is 1. The number of amides is 5. The summed E-state index contributed by atoms with van der Waals surface area (Å²) in [5.74, 6) is -10.0. The summed E-state index contributed by atoms with van der Waals surface area (Å²) in [6, 6.07) is 4.78. The van der Waals surface area contributed by atoms with Crippen LogP contribution >= 0.6 is 0 Å². The second kappa shape index (κ2) is 24.2. The highest BCUT2D eigenvalue weighted by Crippen LogP contribution is 2.23. The van der Waals surface area contributed by atoms with Crippen LogP contribution in [0.25, 0.3) is 0 Å². The van der Waals surface area contributed by atoms with Crippen molar-refractivity contribution in [2.75, 3.05) is 0 Å². The summed E-state index contributed by atoms with van der Waals surface area (Å²) in [5, 5.41) is 53.7. The van der Waals surface area contributed by atoms with Crippen LogP contribution in [-0.4, -0.2) is 116 Å². The third-order valence-electron chi connectivity index (χ3n) is 9.45. The van der Waals surface area contributed by atoms with Crippen LogP contribution in [-0.2, 0) is 56.0 Å². The summed E-state index contributed by atoms with van der Waals surface area (Å²) in [5.41, 5.74) is 0.115. The topological polar surface area (TPSA) is 307 Å². The van der Waals surface area contributed by atoms with Crippen molar-refractivity contribution in [3.63, 3.8) is 0 Å². The van der Waals surface area contributed by atoms with Gasteiger partial charge in [-0.1, -0.05) is 90.9 Å². The van der Waals surface area contributed by atoms with Crippen molar-refractivity contribution in [2.45, 2.75) is 129 Å². The van der Waals surface area contributed by atoms with Crippen LogP contribution in [0.2, 0.25) is 0 Å². The first-order valence-electron chi connectivity index (χ1n) is 20.2. The van der Waals surface area contributed by atoms with Crippen LogP contribution < -0.4 is 31.9 Å². The minimum atomic E-state index is -1.75. The standard InChI is InChI=1S/C43H60N6O13/c1-23(2)36(57)37(43(5,6)7)49-42(62)32(22-35(55)56)48-40(60)30(20-26-13-15-27(50)16-14-26)45-39(59)29(19-25-11-9-8-10-12-25)46-41(61)31(21-34(53)54)47-38(58)28(44-24(3)4)17-18-33(51)52/h8-16,23-24,28-32,37,44,50H,17-22H2,1-7H3,(H,45,59)(H,46,61)(H,47,58)(H,48,60)(H,49,62)(H,51,52)(H,53,54)(H,55,56)/t28-,29-,30-,31-,32-,37+/m0/s1. The Bertz CT molecular complexity index is 1900. The van der Waals surface area contributed by atoms with Gasteiger partial charge in [0, 0.05) is 31.2 Å². The summed E-state index contributed by atoms with van der Waals surface area (Å²) >= 11 is 0. The van der Waals surface area contributed by atoms with Crippen molar-refractivity contribution < 1.29 is 63.6 Å². The van der Waals surface area contributed by atoms with Crippen LogP contribution in [0.1, 0.15) is 85.3 Å². The van der Waals surface area contributed by atoms with Crippen molar-refractivity contribution >= 4 is 53.2 Å². The average Bonchev–Trinajstić information content (AvgIpc) is 3.17. The van der Waals surface area contributed by atoms with Crippen molar-refractivity contribution in [3.8, 4) is 5.75 Å².